The molecule has 7 heteroatoms. The first-order valence-corrected chi connectivity index (χ1v) is 9.65. The number of nitrogens with zero attached hydrogens (tertiary/aromatic N) is 2. The molecule has 130 valence electrons. The summed E-state index contributed by atoms with van der Waals surface area (Å²) in [6, 6.07) is 0. The molecule has 0 bridgehead atoms. The molecule has 0 aromatic heterocycles. The van der Waals surface area contributed by atoms with Crippen molar-refractivity contribution < 1.29 is 8.42 Å². The molecule has 0 aromatic rings. The Bertz CT molecular complexity index is 551. The van der Waals surface area contributed by atoms with E-state index in [1.807, 2.05) is 0 Å². The lowest BCUT2D eigenvalue weighted by Crippen LogP contribution is -2.72. The van der Waals surface area contributed by atoms with Crippen molar-refractivity contribution in [3.63, 3.8) is 0 Å². The molecule has 0 unspecified atom stereocenters. The predicted molar refractivity (Wildman–Crippen MR) is 103 cm³/mol. The highest BCUT2D eigenvalue weighted by molar-refractivity contribution is 14.0. The molecule has 2 rings (SSSR count). The third-order valence-corrected chi connectivity index (χ3v) is 6.64. The lowest BCUT2D eigenvalue weighted by atomic mass is 9.65. The summed E-state index contributed by atoms with van der Waals surface area (Å²) < 4.78 is 23.0. The summed E-state index contributed by atoms with van der Waals surface area (Å²) >= 11 is 0. The first-order valence-electron chi connectivity index (χ1n) is 7.59. The summed E-state index contributed by atoms with van der Waals surface area (Å²) in [6.45, 7) is 10.7. The van der Waals surface area contributed by atoms with Crippen LogP contribution in [0.3, 0.4) is 0 Å². The van der Waals surface area contributed by atoms with Gasteiger partial charge in [-0.05, 0) is 26.7 Å². The summed E-state index contributed by atoms with van der Waals surface area (Å²) in [6.07, 6.45) is 3.29. The van der Waals surface area contributed by atoms with Crippen LogP contribution in [0.5, 0.6) is 0 Å². The maximum absolute atomic E-state index is 11.5. The first-order chi connectivity index (χ1) is 9.43. The highest BCUT2D eigenvalue weighted by Crippen LogP contribution is 2.48. The summed E-state index contributed by atoms with van der Waals surface area (Å²) in [4.78, 5) is 6.66. The second kappa shape index (κ2) is 6.11. The van der Waals surface area contributed by atoms with E-state index in [0.29, 0.717) is 6.54 Å². The molecule has 1 heterocycles. The molecule has 1 N–H and O–H groups in total. The molecule has 5 nitrogen and oxygen atoms in total. The maximum Gasteiger partial charge on any atom is 0.194 e. The fraction of sp³-hybridized carbons (Fsp3) is 0.933. The van der Waals surface area contributed by atoms with Crippen LogP contribution in [0.4, 0.5) is 0 Å². The van der Waals surface area contributed by atoms with Gasteiger partial charge in [0.05, 0.1) is 5.75 Å². The van der Waals surface area contributed by atoms with Crippen molar-refractivity contribution in [2.24, 2.45) is 15.8 Å². The van der Waals surface area contributed by atoms with Crippen LogP contribution in [0.2, 0.25) is 0 Å². The van der Waals surface area contributed by atoms with Gasteiger partial charge in [0, 0.05) is 42.8 Å². The van der Waals surface area contributed by atoms with E-state index in [9.17, 15) is 8.42 Å². The minimum atomic E-state index is -2.92. The van der Waals surface area contributed by atoms with E-state index >= 15 is 0 Å². The van der Waals surface area contributed by atoms with E-state index in [-0.39, 0.29) is 46.1 Å². The van der Waals surface area contributed by atoms with Gasteiger partial charge >= 0.3 is 0 Å². The van der Waals surface area contributed by atoms with Gasteiger partial charge in [0.1, 0.15) is 9.84 Å². The monoisotopic (exact) mass is 443 g/mol. The van der Waals surface area contributed by atoms with Gasteiger partial charge in [0.25, 0.3) is 0 Å². The largest absolute Gasteiger partial charge is 0.356 e. The molecule has 0 aromatic carbocycles. The quantitative estimate of drug-likeness (QED) is 0.411. The summed E-state index contributed by atoms with van der Waals surface area (Å²) in [5, 5.41) is 3.40. The Hall–Kier alpha value is -0.0500. The van der Waals surface area contributed by atoms with Gasteiger partial charge < -0.3 is 10.2 Å². The number of hydrogen-bond donors (Lipinski definition) is 1. The van der Waals surface area contributed by atoms with Gasteiger partial charge in [-0.2, -0.15) is 0 Å². The average Bonchev–Trinajstić information content (AvgIpc) is 3.06. The number of hydrogen-bond acceptors (Lipinski definition) is 3. The van der Waals surface area contributed by atoms with E-state index in [2.05, 4.69) is 42.9 Å². The van der Waals surface area contributed by atoms with Crippen molar-refractivity contribution in [3.8, 4) is 0 Å². The van der Waals surface area contributed by atoms with Crippen molar-refractivity contribution in [1.29, 1.82) is 0 Å². The van der Waals surface area contributed by atoms with Gasteiger partial charge in [-0.25, -0.2) is 8.42 Å². The highest BCUT2D eigenvalue weighted by Gasteiger charge is 2.54. The zero-order chi connectivity index (χ0) is 16.1. The van der Waals surface area contributed by atoms with Gasteiger partial charge in [0.15, 0.2) is 5.96 Å². The summed E-state index contributed by atoms with van der Waals surface area (Å²) in [5.41, 5.74) is 0.241. The van der Waals surface area contributed by atoms with Crippen molar-refractivity contribution >= 4 is 39.8 Å². The topological polar surface area (TPSA) is 61.8 Å². The number of rotatable bonds is 4. The number of halogens is 1. The molecular formula is C15H30IN3O2S. The standard InChI is InChI=1S/C15H29N3O2S.HI/c1-13(2)10-18(14(13,3)4)12(16-5)17-9-15(7-8-15)11-21(6,19)20;/h7-11H2,1-6H3,(H,16,17);1H. The Morgan fingerprint density at radius 2 is 1.77 bits per heavy atom. The lowest BCUT2D eigenvalue weighted by molar-refractivity contribution is -0.0668. The molecule has 0 spiro atoms. The predicted octanol–water partition coefficient (Wildman–Crippen LogP) is 2.13. The number of likely N-dealkylation sites (tertiary alicyclic amines) is 1. The Kier molecular flexibility index (Phi) is 5.55. The Labute approximate surface area is 152 Å². The molecular weight excluding hydrogens is 413 g/mol. The minimum absolute atomic E-state index is 0. The fourth-order valence-corrected chi connectivity index (χ4v) is 4.57. The number of sulfone groups is 1. The molecule has 1 saturated carbocycles. The number of aliphatic imine (C=N–C) groups is 1. The molecule has 1 aliphatic carbocycles. The van der Waals surface area contributed by atoms with Crippen molar-refractivity contribution in [3.05, 3.63) is 0 Å². The molecule has 1 aliphatic heterocycles. The Morgan fingerprint density at radius 3 is 2.09 bits per heavy atom. The third kappa shape index (κ3) is 3.88. The van der Waals surface area contributed by atoms with Gasteiger partial charge in [-0.15, -0.1) is 24.0 Å². The van der Waals surface area contributed by atoms with Crippen LogP contribution in [0.1, 0.15) is 40.5 Å². The van der Waals surface area contributed by atoms with Crippen LogP contribution in [-0.2, 0) is 9.84 Å². The molecule has 0 amide bonds. The third-order valence-electron chi connectivity index (χ3n) is 5.50. The van der Waals surface area contributed by atoms with Crippen LogP contribution >= 0.6 is 24.0 Å². The minimum Gasteiger partial charge on any atom is -0.356 e. The molecule has 0 atom stereocenters. The van der Waals surface area contributed by atoms with E-state index in [0.717, 1.165) is 25.3 Å². The van der Waals surface area contributed by atoms with Crippen LogP contribution < -0.4 is 5.32 Å². The van der Waals surface area contributed by atoms with Gasteiger partial charge in [0.2, 0.25) is 0 Å². The zero-order valence-corrected chi connectivity index (χ0v) is 17.7. The van der Waals surface area contributed by atoms with Crippen LogP contribution in [0.25, 0.3) is 0 Å². The molecule has 0 radical (unpaired) electrons. The van der Waals surface area contributed by atoms with Crippen molar-refractivity contribution in [1.82, 2.24) is 10.2 Å². The fourth-order valence-electron chi connectivity index (χ4n) is 3.07. The Morgan fingerprint density at radius 1 is 1.23 bits per heavy atom. The SMILES string of the molecule is CN=C(NCC1(CS(C)(=O)=O)CC1)N1CC(C)(C)C1(C)C.I. The Balaban J connectivity index is 0.00000242. The van der Waals surface area contributed by atoms with Crippen LogP contribution in [-0.4, -0.2) is 57.0 Å². The van der Waals surface area contributed by atoms with E-state index in [1.165, 1.54) is 6.26 Å². The van der Waals surface area contributed by atoms with Gasteiger partial charge in [-0.1, -0.05) is 13.8 Å². The van der Waals surface area contributed by atoms with Crippen LogP contribution in [0, 0.1) is 10.8 Å². The number of nitrogens with one attached hydrogen (secondary N) is 1. The average molecular weight is 443 g/mol. The smallest absolute Gasteiger partial charge is 0.194 e. The molecule has 22 heavy (non-hydrogen) atoms. The lowest BCUT2D eigenvalue weighted by Gasteiger charge is -2.62. The molecule has 1 saturated heterocycles. The van der Waals surface area contributed by atoms with Gasteiger partial charge in [-0.3, -0.25) is 4.99 Å². The second-order valence-corrected chi connectivity index (χ2v) is 10.1. The zero-order valence-electron chi connectivity index (χ0n) is 14.6. The number of guanidine groups is 1. The summed E-state index contributed by atoms with van der Waals surface area (Å²) in [7, 11) is -1.13. The van der Waals surface area contributed by atoms with Crippen molar-refractivity contribution in [2.45, 2.75) is 46.1 Å². The summed E-state index contributed by atoms with van der Waals surface area (Å²) in [5.74, 6) is 1.16. The molecule has 2 aliphatic rings. The van der Waals surface area contributed by atoms with Crippen LogP contribution in [0.15, 0.2) is 4.99 Å². The van der Waals surface area contributed by atoms with Crippen molar-refractivity contribution in [2.75, 3.05) is 32.1 Å². The first kappa shape index (κ1) is 20.0. The highest BCUT2D eigenvalue weighted by atomic mass is 127. The molecule has 2 fully saturated rings. The van der Waals surface area contributed by atoms with E-state index < -0.39 is 9.84 Å². The van der Waals surface area contributed by atoms with E-state index in [4.69, 9.17) is 0 Å². The van der Waals surface area contributed by atoms with E-state index in [1.54, 1.807) is 7.05 Å². The second-order valence-electron chi connectivity index (χ2n) is 8.00. The normalized spacial score (nSPS) is 25.0. The maximum atomic E-state index is 11.5.